The number of hydrogen-bond donors (Lipinski definition) is 1. The van der Waals surface area contributed by atoms with E-state index in [4.69, 9.17) is 9.47 Å². The third-order valence-corrected chi connectivity index (χ3v) is 8.13. The van der Waals surface area contributed by atoms with Crippen LogP contribution >= 0.6 is 0 Å². The van der Waals surface area contributed by atoms with Gasteiger partial charge >= 0.3 is 12.1 Å². The van der Waals surface area contributed by atoms with Gasteiger partial charge in [-0.15, -0.1) is 0 Å². The summed E-state index contributed by atoms with van der Waals surface area (Å²) in [4.78, 5) is 29.1. The Labute approximate surface area is 207 Å². The molecule has 0 bridgehead atoms. The van der Waals surface area contributed by atoms with Gasteiger partial charge in [-0.05, 0) is 75.0 Å². The van der Waals surface area contributed by atoms with Gasteiger partial charge in [-0.25, -0.2) is 4.79 Å². The second-order valence-electron chi connectivity index (χ2n) is 10.1. The van der Waals surface area contributed by atoms with Gasteiger partial charge in [0.25, 0.3) is 0 Å². The summed E-state index contributed by atoms with van der Waals surface area (Å²) in [5.41, 5.74) is 3.19. The number of allylic oxidation sites excluding steroid dienone is 1. The Hall–Kier alpha value is -3.15. The Kier molecular flexibility index (Phi) is 6.89. The number of carbonyl (C=O) groups excluding carboxylic acids is 2. The highest BCUT2D eigenvalue weighted by Crippen LogP contribution is 2.53. The van der Waals surface area contributed by atoms with Crippen molar-refractivity contribution in [1.29, 1.82) is 0 Å². The van der Waals surface area contributed by atoms with E-state index in [1.807, 2.05) is 38.2 Å². The minimum Gasteiger partial charge on any atom is -0.462 e. The van der Waals surface area contributed by atoms with Crippen LogP contribution in [0, 0.1) is 29.6 Å². The van der Waals surface area contributed by atoms with Crippen LogP contribution in [0.4, 0.5) is 4.79 Å². The molecule has 1 N–H and O–H groups in total. The van der Waals surface area contributed by atoms with E-state index in [2.05, 4.69) is 46.7 Å². The fourth-order valence-electron chi connectivity index (χ4n) is 6.61. The number of alkyl carbamates (subject to hydrolysis) is 1. The molecule has 184 valence electrons. The molecular weight excluding hydrogens is 440 g/mol. The number of fused-ring (bicyclic) bond motifs is 2. The van der Waals surface area contributed by atoms with Gasteiger partial charge in [0.05, 0.1) is 18.2 Å². The van der Waals surface area contributed by atoms with Crippen LogP contribution < -0.4 is 5.32 Å². The van der Waals surface area contributed by atoms with Gasteiger partial charge in [-0.2, -0.15) is 0 Å². The fraction of sp³-hybridized carbons (Fsp3) is 0.483. The van der Waals surface area contributed by atoms with Gasteiger partial charge in [-0.3, -0.25) is 9.78 Å². The molecule has 5 rings (SSSR count). The maximum Gasteiger partial charge on any atom is 0.407 e. The molecule has 2 aliphatic carbocycles. The van der Waals surface area contributed by atoms with Crippen molar-refractivity contribution in [3.05, 3.63) is 60.3 Å². The Bertz CT molecular complexity index is 1070. The molecule has 3 aliphatic rings. The van der Waals surface area contributed by atoms with Crippen LogP contribution in [0.25, 0.3) is 17.3 Å². The zero-order valence-corrected chi connectivity index (χ0v) is 20.4. The maximum absolute atomic E-state index is 12.7. The Morgan fingerprint density at radius 3 is 2.74 bits per heavy atom. The van der Waals surface area contributed by atoms with Crippen molar-refractivity contribution >= 4 is 18.1 Å². The molecule has 2 saturated carbocycles. The number of nitrogens with one attached hydrogen (secondary N) is 1. The van der Waals surface area contributed by atoms with Crippen molar-refractivity contribution in [3.8, 4) is 11.3 Å². The van der Waals surface area contributed by atoms with E-state index in [0.717, 1.165) is 42.5 Å². The summed E-state index contributed by atoms with van der Waals surface area (Å²) in [7, 11) is 0. The van der Waals surface area contributed by atoms with E-state index in [1.54, 1.807) is 0 Å². The van der Waals surface area contributed by atoms with E-state index in [1.165, 1.54) is 0 Å². The second-order valence-corrected chi connectivity index (χ2v) is 10.1. The zero-order valence-electron chi connectivity index (χ0n) is 20.4. The minimum atomic E-state index is -0.343. The predicted molar refractivity (Wildman–Crippen MR) is 134 cm³/mol. The molecule has 7 atom stereocenters. The fourth-order valence-corrected chi connectivity index (χ4v) is 6.61. The molecule has 1 aromatic carbocycles. The first kappa shape index (κ1) is 23.6. The number of carbonyl (C=O) groups is 2. The van der Waals surface area contributed by atoms with Gasteiger partial charge in [-0.1, -0.05) is 42.5 Å². The number of cyclic esters (lactones) is 1. The number of pyridine rings is 1. The zero-order chi connectivity index (χ0) is 24.4. The van der Waals surface area contributed by atoms with Gasteiger partial charge < -0.3 is 14.8 Å². The SMILES string of the molecule is CCOC(=O)N[C@@H]1CC[C@@H]2[C@@H](C1)C[C@H]1C(=O)O[C@H](C)[C@H]1[C@H]2/C=C/c1ccc(-c2ccccn2)cc1. The van der Waals surface area contributed by atoms with Gasteiger partial charge in [0.15, 0.2) is 0 Å². The van der Waals surface area contributed by atoms with E-state index >= 15 is 0 Å². The summed E-state index contributed by atoms with van der Waals surface area (Å²) < 4.78 is 10.8. The minimum absolute atomic E-state index is 0.0560. The van der Waals surface area contributed by atoms with Crippen LogP contribution in [0.5, 0.6) is 0 Å². The van der Waals surface area contributed by atoms with Crippen molar-refractivity contribution in [2.45, 2.75) is 51.7 Å². The lowest BCUT2D eigenvalue weighted by atomic mass is 9.57. The summed E-state index contributed by atoms with van der Waals surface area (Å²) in [5, 5.41) is 3.02. The lowest BCUT2D eigenvalue weighted by Gasteiger charge is -2.47. The average molecular weight is 475 g/mol. The molecule has 35 heavy (non-hydrogen) atoms. The molecule has 0 spiro atoms. The number of nitrogens with zero attached hydrogens (tertiary/aromatic N) is 1. The summed E-state index contributed by atoms with van der Waals surface area (Å²) in [6, 6.07) is 14.5. The molecule has 3 fully saturated rings. The quantitative estimate of drug-likeness (QED) is 0.580. The molecule has 1 aliphatic heterocycles. The summed E-state index contributed by atoms with van der Waals surface area (Å²) in [5.74, 6) is 1.24. The number of aromatic nitrogens is 1. The number of benzene rings is 1. The van der Waals surface area contributed by atoms with Crippen molar-refractivity contribution in [1.82, 2.24) is 10.3 Å². The maximum atomic E-state index is 12.7. The smallest absolute Gasteiger partial charge is 0.407 e. The first-order valence-corrected chi connectivity index (χ1v) is 12.9. The van der Waals surface area contributed by atoms with E-state index in [0.29, 0.717) is 18.4 Å². The highest BCUT2D eigenvalue weighted by atomic mass is 16.6. The molecule has 0 radical (unpaired) electrons. The number of hydrogen-bond acceptors (Lipinski definition) is 5. The Morgan fingerprint density at radius 2 is 2.00 bits per heavy atom. The van der Waals surface area contributed by atoms with Crippen LogP contribution in [-0.2, 0) is 14.3 Å². The second kappa shape index (κ2) is 10.2. The molecule has 6 heteroatoms. The number of rotatable bonds is 5. The molecule has 1 aromatic heterocycles. The summed E-state index contributed by atoms with van der Waals surface area (Å²) in [6.07, 6.45) is 9.62. The highest BCUT2D eigenvalue weighted by molar-refractivity contribution is 5.76. The third-order valence-electron chi connectivity index (χ3n) is 8.13. The standard InChI is InChI=1S/C29H34N2O4/c1-3-34-29(33)31-22-12-14-23-21(16-22)17-25-27(18(2)35-28(25)32)24(23)13-9-19-7-10-20(11-8-19)26-6-4-5-15-30-26/h4-11,13,15,18,21-25,27H,3,12,14,16-17H2,1-2H3,(H,31,33)/b13-9+/t18-,21+,22-,23-,24+,25-,27+/m1/s1. The van der Waals surface area contributed by atoms with Crippen molar-refractivity contribution in [3.63, 3.8) is 0 Å². The molecule has 1 saturated heterocycles. The monoisotopic (exact) mass is 474 g/mol. The van der Waals surface area contributed by atoms with Crippen LogP contribution in [0.15, 0.2) is 54.7 Å². The predicted octanol–water partition coefficient (Wildman–Crippen LogP) is 5.49. The molecule has 1 amide bonds. The van der Waals surface area contributed by atoms with Gasteiger partial charge in [0, 0.05) is 23.7 Å². The first-order chi connectivity index (χ1) is 17.0. The Balaban J connectivity index is 1.34. The average Bonchev–Trinajstić information content (AvgIpc) is 3.15. The molecule has 0 unspecified atom stereocenters. The van der Waals surface area contributed by atoms with Crippen molar-refractivity contribution in [2.75, 3.05) is 6.61 Å². The summed E-state index contributed by atoms with van der Waals surface area (Å²) in [6.45, 7) is 4.22. The summed E-state index contributed by atoms with van der Waals surface area (Å²) >= 11 is 0. The van der Waals surface area contributed by atoms with E-state index in [9.17, 15) is 9.59 Å². The van der Waals surface area contributed by atoms with E-state index in [-0.39, 0.29) is 42.0 Å². The van der Waals surface area contributed by atoms with Gasteiger partial charge in [0.2, 0.25) is 0 Å². The lowest BCUT2D eigenvalue weighted by Crippen LogP contribution is -2.48. The van der Waals surface area contributed by atoms with Crippen molar-refractivity contribution < 1.29 is 19.1 Å². The van der Waals surface area contributed by atoms with Crippen LogP contribution in [0.1, 0.15) is 45.1 Å². The van der Waals surface area contributed by atoms with E-state index < -0.39 is 0 Å². The third kappa shape index (κ3) is 4.97. The normalized spacial score (nSPS) is 31.9. The number of ether oxygens (including phenoxy) is 2. The van der Waals surface area contributed by atoms with Crippen molar-refractivity contribution in [2.24, 2.45) is 29.6 Å². The van der Waals surface area contributed by atoms with Crippen LogP contribution in [0.2, 0.25) is 0 Å². The van der Waals surface area contributed by atoms with Gasteiger partial charge in [0.1, 0.15) is 6.10 Å². The van der Waals surface area contributed by atoms with Crippen LogP contribution in [0.3, 0.4) is 0 Å². The molecule has 2 heterocycles. The topological polar surface area (TPSA) is 77.5 Å². The number of amides is 1. The highest BCUT2D eigenvalue weighted by Gasteiger charge is 2.54. The molecular formula is C29H34N2O4. The first-order valence-electron chi connectivity index (χ1n) is 12.9. The lowest BCUT2D eigenvalue weighted by molar-refractivity contribution is -0.144. The Morgan fingerprint density at radius 1 is 1.17 bits per heavy atom. The van der Waals surface area contributed by atoms with Crippen LogP contribution in [-0.4, -0.2) is 35.8 Å². The molecule has 6 nitrogen and oxygen atoms in total. The number of esters is 1. The molecule has 2 aromatic rings. The largest absolute Gasteiger partial charge is 0.462 e.